The number of hydrogen-bond donors (Lipinski definition) is 0. The summed E-state index contributed by atoms with van der Waals surface area (Å²) >= 11 is 0. The van der Waals surface area contributed by atoms with E-state index >= 15 is 0 Å². The van der Waals surface area contributed by atoms with E-state index in [1.807, 2.05) is 30.3 Å². The molecule has 258 valence electrons. The van der Waals surface area contributed by atoms with E-state index in [1.165, 1.54) is 0 Å². The number of pyridine rings is 1. The van der Waals surface area contributed by atoms with Crippen LogP contribution in [0.25, 0.3) is 95.2 Å². The first kappa shape index (κ1) is 32.2. The molecule has 3 aromatic heterocycles. The van der Waals surface area contributed by atoms with Gasteiger partial charge in [0.1, 0.15) is 11.5 Å². The molecule has 0 aliphatic carbocycles. The topological polar surface area (TPSA) is 43.1 Å². The van der Waals surface area contributed by atoms with Crippen LogP contribution >= 0.6 is 0 Å². The molecule has 0 saturated heterocycles. The summed E-state index contributed by atoms with van der Waals surface area (Å²) in [7, 11) is 0. The van der Waals surface area contributed by atoms with Crippen molar-refractivity contribution in [1.29, 1.82) is 0 Å². The van der Waals surface area contributed by atoms with Crippen molar-refractivity contribution in [3.8, 4) is 78.8 Å². The van der Waals surface area contributed by atoms with Gasteiger partial charge in [0.15, 0.2) is 5.82 Å². The van der Waals surface area contributed by atoms with Crippen molar-refractivity contribution in [2.75, 3.05) is 0 Å². The minimum Gasteiger partial charge on any atom is -0.277 e. The third-order valence-electron chi connectivity index (χ3n) is 10.2. The normalized spacial score (nSPS) is 11.3. The van der Waals surface area contributed by atoms with E-state index in [4.69, 9.17) is 15.0 Å². The highest BCUT2D eigenvalue weighted by atomic mass is 15.1. The molecule has 4 nitrogen and oxygen atoms in total. The molecule has 0 aliphatic heterocycles. The molecule has 0 radical (unpaired) electrons. The molecule has 7 aromatic carbocycles. The smallest absolute Gasteiger partial charge is 0.163 e. The van der Waals surface area contributed by atoms with Gasteiger partial charge < -0.3 is 0 Å². The van der Waals surface area contributed by atoms with Crippen LogP contribution in [0.1, 0.15) is 0 Å². The second-order valence-electron chi connectivity index (χ2n) is 13.7. The molecular formula is C51H34N4. The lowest BCUT2D eigenvalue weighted by Crippen LogP contribution is -2.03. The van der Waals surface area contributed by atoms with Crippen LogP contribution in [0.5, 0.6) is 0 Å². The van der Waals surface area contributed by atoms with Crippen molar-refractivity contribution >= 4 is 16.4 Å². The highest BCUT2D eigenvalue weighted by molar-refractivity contribution is 6.06. The summed E-state index contributed by atoms with van der Waals surface area (Å²) in [5.74, 6) is 1.54. The SMILES string of the molecule is c1ccc(-c2cc(-c3cccc(-c4ccc(-c5nc(-c6ccccc6)nc6c7ccccc7c(-c7ccccc7)n56)cc4)c3)cc(-c3ccccc3)n2)cc1. The van der Waals surface area contributed by atoms with Crippen molar-refractivity contribution in [2.24, 2.45) is 0 Å². The monoisotopic (exact) mass is 702 g/mol. The number of nitrogens with zero attached hydrogens (tertiary/aromatic N) is 4. The molecule has 0 saturated carbocycles. The zero-order valence-corrected chi connectivity index (χ0v) is 29.9. The van der Waals surface area contributed by atoms with Crippen LogP contribution in [0.3, 0.4) is 0 Å². The Kier molecular flexibility index (Phi) is 8.12. The summed E-state index contributed by atoms with van der Waals surface area (Å²) < 4.78 is 2.24. The number of fused-ring (bicyclic) bond motifs is 3. The Balaban J connectivity index is 1.10. The summed E-state index contributed by atoms with van der Waals surface area (Å²) in [5, 5.41) is 2.24. The average molecular weight is 703 g/mol. The quantitative estimate of drug-likeness (QED) is 0.166. The van der Waals surface area contributed by atoms with E-state index in [9.17, 15) is 0 Å². The molecule has 10 aromatic rings. The highest BCUT2D eigenvalue weighted by Crippen LogP contribution is 2.38. The molecule has 0 atom stereocenters. The fraction of sp³-hybridized carbons (Fsp3) is 0. The molecule has 0 N–H and O–H groups in total. The third kappa shape index (κ3) is 6.06. The van der Waals surface area contributed by atoms with Crippen molar-refractivity contribution < 1.29 is 0 Å². The van der Waals surface area contributed by atoms with Crippen LogP contribution in [0.4, 0.5) is 0 Å². The molecule has 0 amide bonds. The predicted molar refractivity (Wildman–Crippen MR) is 226 cm³/mol. The van der Waals surface area contributed by atoms with E-state index in [0.29, 0.717) is 5.82 Å². The van der Waals surface area contributed by atoms with Crippen LogP contribution < -0.4 is 0 Å². The Labute approximate surface area is 319 Å². The number of hydrogen-bond acceptors (Lipinski definition) is 3. The Hall–Kier alpha value is -7.43. The van der Waals surface area contributed by atoms with E-state index in [1.54, 1.807) is 0 Å². The molecule has 0 unspecified atom stereocenters. The molecule has 0 bridgehead atoms. The standard InChI is InChI=1S/C51H34N4/c1-5-16-36(17-6-1)46-33-43(34-47(52-46)37-18-7-2-8-19-37)42-25-15-24-41(32-42)35-28-30-40(31-29-35)50-53-49(39-22-11-4-12-23-39)54-51-45-27-14-13-26-44(45)48(55(50)51)38-20-9-3-10-21-38/h1-34H. The lowest BCUT2D eigenvalue weighted by molar-refractivity contribution is 1.05. The van der Waals surface area contributed by atoms with Crippen LogP contribution in [-0.2, 0) is 0 Å². The maximum Gasteiger partial charge on any atom is 0.163 e. The van der Waals surface area contributed by atoms with Gasteiger partial charge in [-0.15, -0.1) is 0 Å². The van der Waals surface area contributed by atoms with Gasteiger partial charge in [0, 0.05) is 33.0 Å². The summed E-state index contributed by atoms with van der Waals surface area (Å²) in [5.41, 5.74) is 13.7. The molecule has 3 heterocycles. The lowest BCUT2D eigenvalue weighted by Gasteiger charge is -2.13. The summed E-state index contributed by atoms with van der Waals surface area (Å²) in [6.45, 7) is 0. The molecular weight excluding hydrogens is 669 g/mol. The minimum absolute atomic E-state index is 0.699. The van der Waals surface area contributed by atoms with Gasteiger partial charge in [0.2, 0.25) is 0 Å². The van der Waals surface area contributed by atoms with Crippen LogP contribution in [-0.4, -0.2) is 19.4 Å². The predicted octanol–water partition coefficient (Wildman–Crippen LogP) is 12.9. The van der Waals surface area contributed by atoms with Crippen molar-refractivity contribution in [2.45, 2.75) is 0 Å². The second-order valence-corrected chi connectivity index (χ2v) is 13.7. The van der Waals surface area contributed by atoms with Gasteiger partial charge >= 0.3 is 0 Å². The van der Waals surface area contributed by atoms with E-state index in [0.717, 1.165) is 89.4 Å². The van der Waals surface area contributed by atoms with Gasteiger partial charge in [-0.25, -0.2) is 15.0 Å². The van der Waals surface area contributed by atoms with E-state index in [2.05, 4.69) is 180 Å². The second kappa shape index (κ2) is 13.8. The molecule has 4 heteroatoms. The van der Waals surface area contributed by atoms with Crippen molar-refractivity contribution in [3.05, 3.63) is 206 Å². The van der Waals surface area contributed by atoms with E-state index < -0.39 is 0 Å². The first-order valence-corrected chi connectivity index (χ1v) is 18.5. The van der Waals surface area contributed by atoms with Gasteiger partial charge in [0.25, 0.3) is 0 Å². The number of rotatable bonds is 7. The van der Waals surface area contributed by atoms with Gasteiger partial charge in [0.05, 0.1) is 17.1 Å². The molecule has 55 heavy (non-hydrogen) atoms. The maximum atomic E-state index is 5.29. The first-order chi connectivity index (χ1) is 27.3. The minimum atomic E-state index is 0.699. The van der Waals surface area contributed by atoms with Crippen molar-refractivity contribution in [3.63, 3.8) is 0 Å². The summed E-state index contributed by atoms with van der Waals surface area (Å²) in [4.78, 5) is 15.6. The first-order valence-electron chi connectivity index (χ1n) is 18.5. The maximum absolute atomic E-state index is 5.29. The molecule has 10 rings (SSSR count). The fourth-order valence-electron chi connectivity index (χ4n) is 7.51. The highest BCUT2D eigenvalue weighted by Gasteiger charge is 2.21. The van der Waals surface area contributed by atoms with Crippen LogP contribution in [0, 0.1) is 0 Å². The largest absolute Gasteiger partial charge is 0.277 e. The number of benzene rings is 7. The summed E-state index contributed by atoms with van der Waals surface area (Å²) in [6, 6.07) is 72.0. The summed E-state index contributed by atoms with van der Waals surface area (Å²) in [6.07, 6.45) is 0. The Morgan fingerprint density at radius 1 is 0.291 bits per heavy atom. The Morgan fingerprint density at radius 2 is 0.764 bits per heavy atom. The molecule has 0 spiro atoms. The van der Waals surface area contributed by atoms with Gasteiger partial charge in [-0.3, -0.25) is 4.40 Å². The fourth-order valence-corrected chi connectivity index (χ4v) is 7.51. The Morgan fingerprint density at radius 3 is 1.36 bits per heavy atom. The average Bonchev–Trinajstić information content (AvgIpc) is 3.61. The van der Waals surface area contributed by atoms with Crippen molar-refractivity contribution in [1.82, 2.24) is 19.4 Å². The van der Waals surface area contributed by atoms with E-state index in [-0.39, 0.29) is 0 Å². The van der Waals surface area contributed by atoms with Crippen LogP contribution in [0.15, 0.2) is 206 Å². The van der Waals surface area contributed by atoms with Gasteiger partial charge in [-0.2, -0.15) is 0 Å². The Bertz CT molecular complexity index is 2880. The molecule has 0 aliphatic rings. The third-order valence-corrected chi connectivity index (χ3v) is 10.2. The zero-order chi connectivity index (χ0) is 36.6. The zero-order valence-electron chi connectivity index (χ0n) is 29.9. The number of aromatic nitrogens is 4. The van der Waals surface area contributed by atoms with Crippen LogP contribution in [0.2, 0.25) is 0 Å². The van der Waals surface area contributed by atoms with Gasteiger partial charge in [-0.05, 0) is 46.0 Å². The lowest BCUT2D eigenvalue weighted by atomic mass is 9.96. The molecule has 0 fully saturated rings. The van der Waals surface area contributed by atoms with Gasteiger partial charge in [-0.1, -0.05) is 188 Å².